The molecule has 0 saturated carbocycles. The van der Waals surface area contributed by atoms with Crippen LogP contribution in [0.1, 0.15) is 30.9 Å². The van der Waals surface area contributed by atoms with Crippen LogP contribution in [0.5, 0.6) is 5.75 Å². The fraction of sp³-hybridized carbons (Fsp3) is 0.625. The van der Waals surface area contributed by atoms with Crippen LogP contribution in [0.4, 0.5) is 0 Å². The molecule has 20 heavy (non-hydrogen) atoms. The summed E-state index contributed by atoms with van der Waals surface area (Å²) in [5.41, 5.74) is 1.21. The predicted octanol–water partition coefficient (Wildman–Crippen LogP) is 2.54. The standard InChI is InChI=1S/C16H25NO3/c1-17-16(13-6-8-14(18-2)9-7-13)12-19-11-15-5-3-4-10-20-15/h6-9,15-17H,3-5,10-12H2,1-2H3. The van der Waals surface area contributed by atoms with Gasteiger partial charge >= 0.3 is 0 Å². The Bertz CT molecular complexity index is 374. The van der Waals surface area contributed by atoms with Gasteiger partial charge in [0.25, 0.3) is 0 Å². The van der Waals surface area contributed by atoms with Gasteiger partial charge < -0.3 is 19.5 Å². The molecule has 1 fully saturated rings. The summed E-state index contributed by atoms with van der Waals surface area (Å²) in [7, 11) is 3.63. The summed E-state index contributed by atoms with van der Waals surface area (Å²) < 4.78 is 16.7. The third kappa shape index (κ3) is 4.47. The van der Waals surface area contributed by atoms with Crippen LogP contribution in [-0.2, 0) is 9.47 Å². The summed E-state index contributed by atoms with van der Waals surface area (Å²) in [5.74, 6) is 0.875. The highest BCUT2D eigenvalue weighted by Crippen LogP contribution is 2.18. The molecule has 0 radical (unpaired) electrons. The molecule has 1 aromatic carbocycles. The summed E-state index contributed by atoms with van der Waals surface area (Å²) >= 11 is 0. The molecule has 1 aliphatic rings. The van der Waals surface area contributed by atoms with Gasteiger partial charge in [0.1, 0.15) is 5.75 Å². The first-order valence-corrected chi connectivity index (χ1v) is 7.34. The maximum atomic E-state index is 5.82. The van der Waals surface area contributed by atoms with E-state index in [-0.39, 0.29) is 12.1 Å². The normalized spacial score (nSPS) is 20.6. The highest BCUT2D eigenvalue weighted by Gasteiger charge is 2.15. The molecule has 1 N–H and O–H groups in total. The number of hydrogen-bond acceptors (Lipinski definition) is 4. The van der Waals surface area contributed by atoms with E-state index >= 15 is 0 Å². The minimum Gasteiger partial charge on any atom is -0.497 e. The second kappa shape index (κ2) is 8.25. The van der Waals surface area contributed by atoms with Gasteiger partial charge in [-0.15, -0.1) is 0 Å². The van der Waals surface area contributed by atoms with Crippen LogP contribution in [0.2, 0.25) is 0 Å². The molecule has 2 rings (SSSR count). The van der Waals surface area contributed by atoms with E-state index in [0.29, 0.717) is 13.2 Å². The summed E-state index contributed by atoms with van der Waals surface area (Å²) in [5, 5.41) is 3.29. The quantitative estimate of drug-likeness (QED) is 0.832. The highest BCUT2D eigenvalue weighted by atomic mass is 16.5. The molecule has 4 nitrogen and oxygen atoms in total. The summed E-state index contributed by atoms with van der Waals surface area (Å²) in [6.07, 6.45) is 3.83. The molecular weight excluding hydrogens is 254 g/mol. The average molecular weight is 279 g/mol. The van der Waals surface area contributed by atoms with Crippen molar-refractivity contribution in [1.82, 2.24) is 5.32 Å². The molecule has 1 aromatic rings. The third-order valence-electron chi connectivity index (χ3n) is 3.73. The van der Waals surface area contributed by atoms with Crippen LogP contribution in [0.3, 0.4) is 0 Å². The fourth-order valence-electron chi connectivity index (χ4n) is 2.44. The molecule has 112 valence electrons. The SMILES string of the molecule is CNC(COCC1CCCCO1)c1ccc(OC)cc1. The van der Waals surface area contributed by atoms with Crippen molar-refractivity contribution in [2.45, 2.75) is 31.4 Å². The first-order valence-electron chi connectivity index (χ1n) is 7.34. The van der Waals surface area contributed by atoms with Crippen LogP contribution in [0.15, 0.2) is 24.3 Å². The number of likely N-dealkylation sites (N-methyl/N-ethyl adjacent to an activating group) is 1. The number of methoxy groups -OCH3 is 1. The first-order chi connectivity index (χ1) is 9.83. The molecule has 2 unspecified atom stereocenters. The lowest BCUT2D eigenvalue weighted by atomic mass is 10.1. The van der Waals surface area contributed by atoms with Crippen LogP contribution < -0.4 is 10.1 Å². The number of hydrogen-bond donors (Lipinski definition) is 1. The van der Waals surface area contributed by atoms with E-state index in [9.17, 15) is 0 Å². The number of benzene rings is 1. The zero-order valence-electron chi connectivity index (χ0n) is 12.4. The van der Waals surface area contributed by atoms with Crippen LogP contribution in [0.25, 0.3) is 0 Å². The second-order valence-corrected chi connectivity index (χ2v) is 5.14. The van der Waals surface area contributed by atoms with Gasteiger partial charge in [-0.3, -0.25) is 0 Å². The van der Waals surface area contributed by atoms with Gasteiger partial charge in [0.05, 0.1) is 32.5 Å². The van der Waals surface area contributed by atoms with Gasteiger partial charge in [-0.05, 0) is 44.0 Å². The van der Waals surface area contributed by atoms with E-state index in [2.05, 4.69) is 17.4 Å². The van der Waals surface area contributed by atoms with Crippen molar-refractivity contribution >= 4 is 0 Å². The van der Waals surface area contributed by atoms with E-state index in [0.717, 1.165) is 18.8 Å². The lowest BCUT2D eigenvalue weighted by molar-refractivity contribution is -0.0440. The molecule has 0 aromatic heterocycles. The van der Waals surface area contributed by atoms with E-state index < -0.39 is 0 Å². The van der Waals surface area contributed by atoms with Crippen molar-refractivity contribution in [2.75, 3.05) is 34.0 Å². The topological polar surface area (TPSA) is 39.7 Å². The Morgan fingerprint density at radius 2 is 2.10 bits per heavy atom. The van der Waals surface area contributed by atoms with Crippen LogP contribution >= 0.6 is 0 Å². The van der Waals surface area contributed by atoms with Crippen molar-refractivity contribution in [3.05, 3.63) is 29.8 Å². The second-order valence-electron chi connectivity index (χ2n) is 5.14. The van der Waals surface area contributed by atoms with E-state index in [4.69, 9.17) is 14.2 Å². The van der Waals surface area contributed by atoms with Gasteiger partial charge in [0.15, 0.2) is 0 Å². The summed E-state index contributed by atoms with van der Waals surface area (Å²) in [6.45, 7) is 2.22. The van der Waals surface area contributed by atoms with Crippen molar-refractivity contribution in [2.24, 2.45) is 0 Å². The molecule has 0 aliphatic carbocycles. The Morgan fingerprint density at radius 1 is 1.30 bits per heavy atom. The smallest absolute Gasteiger partial charge is 0.118 e. The Kier molecular flexibility index (Phi) is 6.30. The molecule has 4 heteroatoms. The number of rotatable bonds is 7. The lowest BCUT2D eigenvalue weighted by Crippen LogP contribution is -2.28. The zero-order chi connectivity index (χ0) is 14.2. The van der Waals surface area contributed by atoms with E-state index in [1.807, 2.05) is 19.2 Å². The first kappa shape index (κ1) is 15.3. The summed E-state index contributed by atoms with van der Waals surface area (Å²) in [4.78, 5) is 0. The van der Waals surface area contributed by atoms with Gasteiger partial charge in [0, 0.05) is 6.61 Å². The Morgan fingerprint density at radius 3 is 2.70 bits per heavy atom. The monoisotopic (exact) mass is 279 g/mol. The maximum Gasteiger partial charge on any atom is 0.118 e. The van der Waals surface area contributed by atoms with Crippen molar-refractivity contribution in [1.29, 1.82) is 0 Å². The molecular formula is C16H25NO3. The van der Waals surface area contributed by atoms with Crippen molar-refractivity contribution in [3.8, 4) is 5.75 Å². The minimum absolute atomic E-state index is 0.199. The molecule has 1 aliphatic heterocycles. The highest BCUT2D eigenvalue weighted by molar-refractivity contribution is 5.29. The van der Waals surface area contributed by atoms with E-state index in [1.54, 1.807) is 7.11 Å². The molecule has 0 bridgehead atoms. The molecule has 1 heterocycles. The molecule has 0 amide bonds. The van der Waals surface area contributed by atoms with Gasteiger partial charge in [-0.25, -0.2) is 0 Å². The fourth-order valence-corrected chi connectivity index (χ4v) is 2.44. The van der Waals surface area contributed by atoms with Gasteiger partial charge in [-0.1, -0.05) is 12.1 Å². The van der Waals surface area contributed by atoms with Gasteiger partial charge in [0.2, 0.25) is 0 Å². The van der Waals surface area contributed by atoms with Crippen molar-refractivity contribution in [3.63, 3.8) is 0 Å². The van der Waals surface area contributed by atoms with Gasteiger partial charge in [-0.2, -0.15) is 0 Å². The van der Waals surface area contributed by atoms with Crippen LogP contribution in [0, 0.1) is 0 Å². The maximum absolute atomic E-state index is 5.82. The number of nitrogens with one attached hydrogen (secondary N) is 1. The Labute approximate surface area is 121 Å². The minimum atomic E-state index is 0.199. The van der Waals surface area contributed by atoms with E-state index in [1.165, 1.54) is 18.4 Å². The molecule has 1 saturated heterocycles. The lowest BCUT2D eigenvalue weighted by Gasteiger charge is -2.24. The summed E-state index contributed by atoms with van der Waals surface area (Å²) in [6, 6.07) is 8.29. The van der Waals surface area contributed by atoms with Crippen LogP contribution in [-0.4, -0.2) is 40.1 Å². The average Bonchev–Trinajstić information content (AvgIpc) is 2.53. The molecule has 2 atom stereocenters. The largest absolute Gasteiger partial charge is 0.497 e. The number of ether oxygens (including phenoxy) is 3. The Balaban J connectivity index is 1.78. The Hall–Kier alpha value is -1.10. The third-order valence-corrected chi connectivity index (χ3v) is 3.73. The predicted molar refractivity (Wildman–Crippen MR) is 79.2 cm³/mol. The zero-order valence-corrected chi connectivity index (χ0v) is 12.4. The van der Waals surface area contributed by atoms with Crippen molar-refractivity contribution < 1.29 is 14.2 Å². The molecule has 0 spiro atoms.